The molecule has 0 spiro atoms. The second-order valence-electron chi connectivity index (χ2n) is 8.64. The molecule has 0 aliphatic carbocycles. The summed E-state index contributed by atoms with van der Waals surface area (Å²) in [6.45, 7) is 3.06. The molecule has 2 aromatic carbocycles. The number of hydrogen-bond donors (Lipinski definition) is 0. The van der Waals surface area contributed by atoms with Gasteiger partial charge in [0, 0.05) is 29.6 Å². The van der Waals surface area contributed by atoms with Gasteiger partial charge in [0.1, 0.15) is 23.8 Å². The number of benzene rings is 2. The fraction of sp³-hybridized carbons (Fsp3) is 0.357. The van der Waals surface area contributed by atoms with E-state index in [0.717, 1.165) is 29.7 Å². The van der Waals surface area contributed by atoms with Gasteiger partial charge in [-0.3, -0.25) is 9.59 Å². The molecule has 0 bridgehead atoms. The van der Waals surface area contributed by atoms with Crippen LogP contribution in [0.3, 0.4) is 0 Å². The van der Waals surface area contributed by atoms with E-state index < -0.39 is 0 Å². The zero-order valence-corrected chi connectivity index (χ0v) is 22.0. The molecule has 1 aliphatic rings. The first kappa shape index (κ1) is 25.6. The van der Waals surface area contributed by atoms with E-state index in [0.29, 0.717) is 30.2 Å². The third-order valence-corrected chi connectivity index (χ3v) is 7.42. The van der Waals surface area contributed by atoms with Crippen molar-refractivity contribution in [2.75, 3.05) is 41.0 Å². The zero-order valence-electron chi connectivity index (χ0n) is 21.2. The van der Waals surface area contributed by atoms with Crippen LogP contribution in [0.4, 0.5) is 0 Å². The van der Waals surface area contributed by atoms with E-state index >= 15 is 0 Å². The summed E-state index contributed by atoms with van der Waals surface area (Å²) in [6, 6.07) is 14.8. The van der Waals surface area contributed by atoms with Crippen molar-refractivity contribution in [2.24, 2.45) is 0 Å². The van der Waals surface area contributed by atoms with E-state index in [-0.39, 0.29) is 24.4 Å². The number of thiophene rings is 1. The first-order chi connectivity index (χ1) is 17.5. The average Bonchev–Trinajstić information content (AvgIpc) is 3.40. The first-order valence-corrected chi connectivity index (χ1v) is 12.9. The molecule has 8 heteroatoms. The van der Waals surface area contributed by atoms with Gasteiger partial charge in [-0.2, -0.15) is 0 Å². The summed E-state index contributed by atoms with van der Waals surface area (Å²) in [5.74, 6) is 1.52. The highest BCUT2D eigenvalue weighted by molar-refractivity contribution is 7.10. The van der Waals surface area contributed by atoms with Gasteiger partial charge in [0.05, 0.1) is 27.4 Å². The lowest BCUT2D eigenvalue weighted by Gasteiger charge is -2.37. The van der Waals surface area contributed by atoms with Crippen LogP contribution in [0.5, 0.6) is 17.2 Å². The molecule has 1 unspecified atom stereocenters. The maximum atomic E-state index is 13.8. The third kappa shape index (κ3) is 5.33. The smallest absolute Gasteiger partial charge is 0.254 e. The second kappa shape index (κ2) is 11.5. The van der Waals surface area contributed by atoms with Crippen molar-refractivity contribution < 1.29 is 23.8 Å². The summed E-state index contributed by atoms with van der Waals surface area (Å²) in [6.07, 6.45) is 1.54. The maximum Gasteiger partial charge on any atom is 0.254 e. The fourth-order valence-corrected chi connectivity index (χ4v) is 5.52. The zero-order chi connectivity index (χ0) is 25.7. The van der Waals surface area contributed by atoms with E-state index in [4.69, 9.17) is 14.2 Å². The Kier molecular flexibility index (Phi) is 8.15. The fourth-order valence-electron chi connectivity index (χ4n) is 4.62. The first-order valence-electron chi connectivity index (χ1n) is 12.0. The van der Waals surface area contributed by atoms with E-state index in [1.54, 1.807) is 55.8 Å². The van der Waals surface area contributed by atoms with Crippen LogP contribution in [0.2, 0.25) is 0 Å². The van der Waals surface area contributed by atoms with Crippen LogP contribution in [0.1, 0.15) is 45.7 Å². The van der Waals surface area contributed by atoms with E-state index in [1.807, 2.05) is 36.1 Å². The standard InChI is InChI=1S/C28H32N2O5S/c1-5-12-29(28(32)20-15-22(34-3)17-23(16-20)35-4)18-26(31)30-13-10-25-24(11-14-36-25)27(30)19-6-8-21(33-2)9-7-19/h6-9,11,14-17,27H,5,10,12-13,18H2,1-4H3. The molecule has 4 rings (SSSR count). The highest BCUT2D eigenvalue weighted by Gasteiger charge is 2.34. The molecule has 0 saturated carbocycles. The Labute approximate surface area is 216 Å². The average molecular weight is 509 g/mol. The lowest BCUT2D eigenvalue weighted by molar-refractivity contribution is -0.134. The van der Waals surface area contributed by atoms with Crippen LogP contribution >= 0.6 is 11.3 Å². The largest absolute Gasteiger partial charge is 0.497 e. The number of amides is 2. The van der Waals surface area contributed by atoms with Crippen LogP contribution in [0.25, 0.3) is 0 Å². The van der Waals surface area contributed by atoms with Crippen molar-refractivity contribution in [3.63, 3.8) is 0 Å². The molecule has 0 fully saturated rings. The van der Waals surface area contributed by atoms with Crippen molar-refractivity contribution in [3.8, 4) is 17.2 Å². The molecular formula is C28H32N2O5S. The van der Waals surface area contributed by atoms with Crippen LogP contribution in [-0.4, -0.2) is 62.6 Å². The van der Waals surface area contributed by atoms with Gasteiger partial charge in [-0.05, 0) is 59.7 Å². The van der Waals surface area contributed by atoms with Gasteiger partial charge >= 0.3 is 0 Å². The molecule has 7 nitrogen and oxygen atoms in total. The van der Waals surface area contributed by atoms with Crippen molar-refractivity contribution in [1.29, 1.82) is 0 Å². The monoisotopic (exact) mass is 508 g/mol. The number of carbonyl (C=O) groups excluding carboxylic acids is 2. The van der Waals surface area contributed by atoms with Crippen LogP contribution in [-0.2, 0) is 11.2 Å². The Bertz CT molecular complexity index is 1180. The van der Waals surface area contributed by atoms with E-state index in [2.05, 4.69) is 11.4 Å². The number of methoxy groups -OCH3 is 3. The molecule has 1 atom stereocenters. The number of carbonyl (C=O) groups is 2. The number of fused-ring (bicyclic) bond motifs is 1. The Morgan fingerprint density at radius 2 is 1.64 bits per heavy atom. The maximum absolute atomic E-state index is 13.8. The van der Waals surface area contributed by atoms with Crippen molar-refractivity contribution >= 4 is 23.2 Å². The van der Waals surface area contributed by atoms with Gasteiger partial charge in [0.15, 0.2) is 0 Å². The minimum atomic E-state index is -0.225. The summed E-state index contributed by atoms with van der Waals surface area (Å²) in [4.78, 5) is 32.1. The van der Waals surface area contributed by atoms with Gasteiger partial charge in [-0.1, -0.05) is 19.1 Å². The molecule has 2 heterocycles. The molecule has 0 N–H and O–H groups in total. The van der Waals surface area contributed by atoms with Crippen LogP contribution in [0.15, 0.2) is 53.9 Å². The van der Waals surface area contributed by atoms with Gasteiger partial charge in [0.25, 0.3) is 5.91 Å². The highest BCUT2D eigenvalue weighted by Crippen LogP contribution is 2.38. The van der Waals surface area contributed by atoms with E-state index in [1.165, 1.54) is 4.88 Å². The predicted octanol–water partition coefficient (Wildman–Crippen LogP) is 4.80. The SMILES string of the molecule is CCCN(CC(=O)N1CCc2sccc2C1c1ccc(OC)cc1)C(=O)c1cc(OC)cc(OC)c1. The Hall–Kier alpha value is -3.52. The minimum Gasteiger partial charge on any atom is -0.497 e. The van der Waals surface area contributed by atoms with Gasteiger partial charge < -0.3 is 24.0 Å². The van der Waals surface area contributed by atoms with Crippen LogP contribution in [0, 0.1) is 0 Å². The molecule has 0 radical (unpaired) electrons. The summed E-state index contributed by atoms with van der Waals surface area (Å²) in [5, 5.41) is 2.08. The predicted molar refractivity (Wildman–Crippen MR) is 140 cm³/mol. The number of rotatable bonds is 9. The summed E-state index contributed by atoms with van der Waals surface area (Å²) in [7, 11) is 4.73. The minimum absolute atomic E-state index is 0.00166. The Morgan fingerprint density at radius 3 is 2.25 bits per heavy atom. The molecule has 2 amide bonds. The number of hydrogen-bond acceptors (Lipinski definition) is 6. The summed E-state index contributed by atoms with van der Waals surface area (Å²) in [5.41, 5.74) is 2.60. The normalized spacial score (nSPS) is 14.7. The van der Waals surface area contributed by atoms with Gasteiger partial charge in [-0.15, -0.1) is 11.3 Å². The molecule has 0 saturated heterocycles. The topological polar surface area (TPSA) is 68.3 Å². The van der Waals surface area contributed by atoms with Crippen molar-refractivity contribution in [1.82, 2.24) is 9.80 Å². The molecule has 36 heavy (non-hydrogen) atoms. The molecular weight excluding hydrogens is 476 g/mol. The van der Waals surface area contributed by atoms with Gasteiger partial charge in [0.2, 0.25) is 5.91 Å². The van der Waals surface area contributed by atoms with Gasteiger partial charge in [-0.25, -0.2) is 0 Å². The lowest BCUT2D eigenvalue weighted by atomic mass is 9.93. The Morgan fingerprint density at radius 1 is 0.972 bits per heavy atom. The number of ether oxygens (including phenoxy) is 3. The highest BCUT2D eigenvalue weighted by atomic mass is 32.1. The Balaban J connectivity index is 1.61. The molecule has 3 aromatic rings. The van der Waals surface area contributed by atoms with Crippen molar-refractivity contribution in [2.45, 2.75) is 25.8 Å². The molecule has 190 valence electrons. The second-order valence-corrected chi connectivity index (χ2v) is 9.64. The molecule has 1 aliphatic heterocycles. The van der Waals surface area contributed by atoms with E-state index in [9.17, 15) is 9.59 Å². The van der Waals surface area contributed by atoms with Crippen molar-refractivity contribution in [3.05, 3.63) is 75.5 Å². The molecule has 1 aromatic heterocycles. The third-order valence-electron chi connectivity index (χ3n) is 6.42. The number of nitrogens with zero attached hydrogens (tertiary/aromatic N) is 2. The lowest BCUT2D eigenvalue weighted by Crippen LogP contribution is -2.47. The van der Waals surface area contributed by atoms with Crippen LogP contribution < -0.4 is 14.2 Å². The summed E-state index contributed by atoms with van der Waals surface area (Å²) >= 11 is 1.73. The summed E-state index contributed by atoms with van der Waals surface area (Å²) < 4.78 is 16.0. The quantitative estimate of drug-likeness (QED) is 0.415.